The summed E-state index contributed by atoms with van der Waals surface area (Å²) in [5.41, 5.74) is 0.569. The number of hydrogen-bond donors (Lipinski definition) is 1. The lowest BCUT2D eigenvalue weighted by Gasteiger charge is -2.03. The van der Waals surface area contributed by atoms with Gasteiger partial charge in [0.2, 0.25) is 0 Å². The number of rotatable bonds is 2. The van der Waals surface area contributed by atoms with E-state index in [2.05, 4.69) is 0 Å². The summed E-state index contributed by atoms with van der Waals surface area (Å²) in [6, 6.07) is 3.48. The van der Waals surface area contributed by atoms with Crippen LogP contribution in [0.4, 0.5) is 0 Å². The predicted molar refractivity (Wildman–Crippen MR) is 51.0 cm³/mol. The number of carbonyl (C=O) groups is 1. The van der Waals surface area contributed by atoms with E-state index in [9.17, 15) is 4.79 Å². The minimum atomic E-state index is 0. The second-order valence-electron chi connectivity index (χ2n) is 2.82. The van der Waals surface area contributed by atoms with Crippen LogP contribution in [0.25, 0.3) is 0 Å². The highest BCUT2D eigenvalue weighted by Crippen LogP contribution is 2.06. The van der Waals surface area contributed by atoms with Crippen LogP contribution in [-0.4, -0.2) is 10.5 Å². The molecule has 0 saturated carbocycles. The Labute approximate surface area is 77.9 Å². The molecule has 0 aliphatic carbocycles. The van der Waals surface area contributed by atoms with E-state index >= 15 is 0 Å². The summed E-state index contributed by atoms with van der Waals surface area (Å²) in [6.45, 7) is 3.71. The molecule has 68 valence electrons. The van der Waals surface area contributed by atoms with E-state index < -0.39 is 0 Å². The summed E-state index contributed by atoms with van der Waals surface area (Å²) in [4.78, 5) is 11.3. The van der Waals surface area contributed by atoms with E-state index in [1.54, 1.807) is 18.3 Å². The molecular formula is C8H13ClN2O. The SMILES string of the molecule is CC(C)C(=O)c1cccn1N.Cl. The third-order valence-electron chi connectivity index (χ3n) is 1.56. The van der Waals surface area contributed by atoms with Crippen LogP contribution >= 0.6 is 12.4 Å². The van der Waals surface area contributed by atoms with Crippen molar-refractivity contribution in [2.45, 2.75) is 13.8 Å². The minimum Gasteiger partial charge on any atom is -0.339 e. The number of Topliss-reactive ketones (excluding diaryl/α,β-unsaturated/α-hetero) is 1. The van der Waals surface area contributed by atoms with Crippen LogP contribution in [-0.2, 0) is 0 Å². The summed E-state index contributed by atoms with van der Waals surface area (Å²) in [7, 11) is 0. The average molecular weight is 189 g/mol. The molecule has 0 fully saturated rings. The highest BCUT2D eigenvalue weighted by Gasteiger charge is 2.12. The first kappa shape index (κ1) is 11.0. The number of aromatic nitrogens is 1. The Morgan fingerprint density at radius 1 is 1.58 bits per heavy atom. The number of ketones is 1. The van der Waals surface area contributed by atoms with Gasteiger partial charge in [0, 0.05) is 12.1 Å². The van der Waals surface area contributed by atoms with Gasteiger partial charge >= 0.3 is 0 Å². The Bertz CT molecular complexity index is 268. The molecule has 1 heterocycles. The molecule has 0 aromatic carbocycles. The summed E-state index contributed by atoms with van der Waals surface area (Å²) in [6.07, 6.45) is 1.66. The lowest BCUT2D eigenvalue weighted by Crippen LogP contribution is -2.18. The van der Waals surface area contributed by atoms with Gasteiger partial charge < -0.3 is 5.84 Å². The fraction of sp³-hybridized carbons (Fsp3) is 0.375. The van der Waals surface area contributed by atoms with E-state index in [4.69, 9.17) is 5.84 Å². The molecule has 0 radical (unpaired) electrons. The largest absolute Gasteiger partial charge is 0.339 e. The molecule has 12 heavy (non-hydrogen) atoms. The van der Waals surface area contributed by atoms with Crippen LogP contribution in [0.1, 0.15) is 24.3 Å². The summed E-state index contributed by atoms with van der Waals surface area (Å²) in [5.74, 6) is 5.56. The number of nitrogens with zero attached hydrogens (tertiary/aromatic N) is 1. The molecule has 3 nitrogen and oxygen atoms in total. The van der Waals surface area contributed by atoms with Crippen molar-refractivity contribution >= 4 is 18.2 Å². The molecule has 1 aromatic rings. The van der Waals surface area contributed by atoms with Gasteiger partial charge in [-0.15, -0.1) is 12.4 Å². The second kappa shape index (κ2) is 4.16. The van der Waals surface area contributed by atoms with Gasteiger partial charge in [0.25, 0.3) is 0 Å². The Morgan fingerprint density at radius 3 is 2.50 bits per heavy atom. The van der Waals surface area contributed by atoms with Crippen LogP contribution in [0.5, 0.6) is 0 Å². The van der Waals surface area contributed by atoms with Crippen LogP contribution in [0.3, 0.4) is 0 Å². The highest BCUT2D eigenvalue weighted by atomic mass is 35.5. The van der Waals surface area contributed by atoms with Gasteiger partial charge in [-0.05, 0) is 12.1 Å². The maximum absolute atomic E-state index is 11.3. The molecular weight excluding hydrogens is 176 g/mol. The van der Waals surface area contributed by atoms with E-state index in [1.807, 2.05) is 13.8 Å². The zero-order valence-electron chi connectivity index (χ0n) is 7.15. The molecule has 0 spiro atoms. The number of hydrogen-bond acceptors (Lipinski definition) is 2. The zero-order valence-corrected chi connectivity index (χ0v) is 7.97. The maximum Gasteiger partial charge on any atom is 0.183 e. The third kappa shape index (κ3) is 2.01. The van der Waals surface area contributed by atoms with Gasteiger partial charge in [0.05, 0.1) is 0 Å². The maximum atomic E-state index is 11.3. The van der Waals surface area contributed by atoms with Gasteiger partial charge in [-0.25, -0.2) is 0 Å². The van der Waals surface area contributed by atoms with E-state index in [0.717, 1.165) is 0 Å². The molecule has 1 rings (SSSR count). The van der Waals surface area contributed by atoms with Gasteiger partial charge in [-0.1, -0.05) is 13.8 Å². The van der Waals surface area contributed by atoms with E-state index in [0.29, 0.717) is 5.69 Å². The molecule has 0 amide bonds. The monoisotopic (exact) mass is 188 g/mol. The molecule has 1 aromatic heterocycles. The summed E-state index contributed by atoms with van der Waals surface area (Å²) >= 11 is 0. The van der Waals surface area contributed by atoms with E-state index in [-0.39, 0.29) is 24.1 Å². The first-order valence-corrected chi connectivity index (χ1v) is 3.59. The number of halogens is 1. The Morgan fingerprint density at radius 2 is 2.17 bits per heavy atom. The standard InChI is InChI=1S/C8H12N2O.ClH/c1-6(2)8(11)7-4-3-5-10(7)9;/h3-6H,9H2,1-2H3;1H. The van der Waals surface area contributed by atoms with Crippen molar-refractivity contribution in [1.82, 2.24) is 4.68 Å². The first-order valence-electron chi connectivity index (χ1n) is 3.59. The summed E-state index contributed by atoms with van der Waals surface area (Å²) in [5, 5.41) is 0. The molecule has 0 bridgehead atoms. The Hall–Kier alpha value is -0.960. The minimum absolute atomic E-state index is 0. The van der Waals surface area contributed by atoms with Crippen LogP contribution < -0.4 is 5.84 Å². The van der Waals surface area contributed by atoms with Crippen molar-refractivity contribution < 1.29 is 4.79 Å². The Balaban J connectivity index is 0.00000121. The van der Waals surface area contributed by atoms with Crippen LogP contribution in [0.15, 0.2) is 18.3 Å². The smallest absolute Gasteiger partial charge is 0.183 e. The average Bonchev–Trinajstić information content (AvgIpc) is 2.33. The van der Waals surface area contributed by atoms with Crippen molar-refractivity contribution in [3.05, 3.63) is 24.0 Å². The number of carbonyl (C=O) groups excluding carboxylic acids is 1. The first-order chi connectivity index (χ1) is 5.13. The third-order valence-corrected chi connectivity index (χ3v) is 1.56. The molecule has 0 atom stereocenters. The lowest BCUT2D eigenvalue weighted by molar-refractivity contribution is 0.0932. The number of nitrogen functional groups attached to an aromatic ring is 1. The normalized spacial score (nSPS) is 9.58. The lowest BCUT2D eigenvalue weighted by atomic mass is 10.1. The van der Waals surface area contributed by atoms with Gasteiger partial charge in [-0.3, -0.25) is 9.47 Å². The fourth-order valence-electron chi connectivity index (χ4n) is 0.898. The van der Waals surface area contributed by atoms with E-state index in [1.165, 1.54) is 4.68 Å². The molecule has 0 aliphatic heterocycles. The second-order valence-corrected chi connectivity index (χ2v) is 2.82. The fourth-order valence-corrected chi connectivity index (χ4v) is 0.898. The van der Waals surface area contributed by atoms with Crippen molar-refractivity contribution in [1.29, 1.82) is 0 Å². The van der Waals surface area contributed by atoms with Crippen molar-refractivity contribution in [2.75, 3.05) is 5.84 Å². The topological polar surface area (TPSA) is 48.0 Å². The van der Waals surface area contributed by atoms with Crippen molar-refractivity contribution in [2.24, 2.45) is 5.92 Å². The molecule has 0 saturated heterocycles. The van der Waals surface area contributed by atoms with Crippen LogP contribution in [0.2, 0.25) is 0 Å². The zero-order chi connectivity index (χ0) is 8.43. The number of nitrogens with two attached hydrogens (primary N) is 1. The predicted octanol–water partition coefficient (Wildman–Crippen LogP) is 1.46. The molecule has 2 N–H and O–H groups in total. The van der Waals surface area contributed by atoms with Crippen molar-refractivity contribution in [3.8, 4) is 0 Å². The Kier molecular flexibility index (Phi) is 3.83. The highest BCUT2D eigenvalue weighted by molar-refractivity contribution is 5.96. The van der Waals surface area contributed by atoms with Gasteiger partial charge in [0.1, 0.15) is 5.69 Å². The summed E-state index contributed by atoms with van der Waals surface area (Å²) < 4.78 is 1.35. The van der Waals surface area contributed by atoms with Crippen LogP contribution in [0, 0.1) is 5.92 Å². The molecule has 0 unspecified atom stereocenters. The van der Waals surface area contributed by atoms with Gasteiger partial charge in [0.15, 0.2) is 5.78 Å². The molecule has 0 aliphatic rings. The van der Waals surface area contributed by atoms with Crippen molar-refractivity contribution in [3.63, 3.8) is 0 Å². The van der Waals surface area contributed by atoms with Gasteiger partial charge in [-0.2, -0.15) is 0 Å². The molecule has 4 heteroatoms. The quantitative estimate of drug-likeness (QED) is 0.564.